The molecule has 0 unspecified atom stereocenters. The van der Waals surface area contributed by atoms with Crippen LogP contribution in [0, 0.1) is 0 Å². The Morgan fingerprint density at radius 1 is 0.889 bits per heavy atom. The van der Waals surface area contributed by atoms with Crippen molar-refractivity contribution in [2.24, 2.45) is 0 Å². The SMILES string of the molecule is C\C=C(/C=C\C(=C/C)C(\C)=C/C=C(\C)C(=O)NSC)CCCCCCCC. The van der Waals surface area contributed by atoms with E-state index < -0.39 is 0 Å². The summed E-state index contributed by atoms with van der Waals surface area (Å²) < 4.78 is 2.74. The molecule has 0 aliphatic carbocycles. The maximum atomic E-state index is 11.8. The fourth-order valence-electron chi connectivity index (χ4n) is 2.68. The highest BCUT2D eigenvalue weighted by Gasteiger charge is 2.01. The van der Waals surface area contributed by atoms with E-state index in [4.69, 9.17) is 0 Å². The molecule has 0 saturated carbocycles. The number of carbonyl (C=O) groups excluding carboxylic acids is 1. The maximum absolute atomic E-state index is 11.8. The second-order valence-electron chi connectivity index (χ2n) is 6.79. The standard InChI is InChI=1S/C24H39NOS/c1-7-10-11-12-13-14-15-22(8-2)18-19-23(9-3)20(4)16-17-21(5)24(26)25-27-6/h8-9,16-19H,7,10-15H2,1-6H3,(H,25,26)/b19-18-,20-16-,21-17+,22-8-,23-9+. The quantitative estimate of drug-likeness (QED) is 0.153. The Hall–Kier alpha value is -1.48. The molecule has 0 aromatic rings. The van der Waals surface area contributed by atoms with Gasteiger partial charge in [-0.2, -0.15) is 0 Å². The highest BCUT2D eigenvalue weighted by molar-refractivity contribution is 7.97. The predicted molar refractivity (Wildman–Crippen MR) is 124 cm³/mol. The normalized spacial score (nSPS) is 14.1. The van der Waals surface area contributed by atoms with Gasteiger partial charge < -0.3 is 0 Å². The predicted octanol–water partition coefficient (Wildman–Crippen LogP) is 7.47. The van der Waals surface area contributed by atoms with E-state index in [1.807, 2.05) is 25.3 Å². The molecule has 0 spiro atoms. The number of hydrogen-bond donors (Lipinski definition) is 1. The lowest BCUT2D eigenvalue weighted by Gasteiger charge is -2.05. The molecule has 0 aliphatic rings. The molecule has 0 fully saturated rings. The van der Waals surface area contributed by atoms with Gasteiger partial charge in [0.15, 0.2) is 0 Å². The van der Waals surface area contributed by atoms with Crippen molar-refractivity contribution >= 4 is 17.9 Å². The monoisotopic (exact) mass is 389 g/mol. The van der Waals surface area contributed by atoms with Crippen LogP contribution >= 0.6 is 11.9 Å². The minimum atomic E-state index is -0.0424. The Bertz CT molecular complexity index is 579. The van der Waals surface area contributed by atoms with E-state index in [9.17, 15) is 4.79 Å². The lowest BCUT2D eigenvalue weighted by atomic mass is 10.0. The minimum absolute atomic E-state index is 0.0424. The third-order valence-corrected chi connectivity index (χ3v) is 4.96. The first-order chi connectivity index (χ1) is 13.0. The van der Waals surface area contributed by atoms with Crippen LogP contribution in [0.2, 0.25) is 0 Å². The van der Waals surface area contributed by atoms with E-state index in [1.54, 1.807) is 0 Å². The Kier molecular flexibility index (Phi) is 15.8. The first-order valence-electron chi connectivity index (χ1n) is 10.2. The third kappa shape index (κ3) is 12.5. The molecule has 0 radical (unpaired) electrons. The number of allylic oxidation sites excluding steroid dienone is 9. The van der Waals surface area contributed by atoms with Crippen LogP contribution in [0.15, 0.2) is 58.7 Å². The largest absolute Gasteiger partial charge is 0.297 e. The number of nitrogens with one attached hydrogen (secondary N) is 1. The van der Waals surface area contributed by atoms with Gasteiger partial charge in [-0.1, -0.05) is 93.0 Å². The smallest absolute Gasteiger partial charge is 0.256 e. The lowest BCUT2D eigenvalue weighted by molar-refractivity contribution is -0.115. The van der Waals surface area contributed by atoms with Crippen LogP contribution in [0.3, 0.4) is 0 Å². The molecule has 0 aliphatic heterocycles. The van der Waals surface area contributed by atoms with Crippen molar-refractivity contribution in [3.63, 3.8) is 0 Å². The van der Waals surface area contributed by atoms with Gasteiger partial charge in [-0.05, 0) is 51.7 Å². The van der Waals surface area contributed by atoms with E-state index >= 15 is 0 Å². The van der Waals surface area contributed by atoms with Gasteiger partial charge in [0.05, 0.1) is 0 Å². The molecule has 0 atom stereocenters. The van der Waals surface area contributed by atoms with Gasteiger partial charge in [-0.25, -0.2) is 0 Å². The van der Waals surface area contributed by atoms with Crippen LogP contribution in [-0.2, 0) is 4.79 Å². The maximum Gasteiger partial charge on any atom is 0.256 e. The second-order valence-corrected chi connectivity index (χ2v) is 7.41. The van der Waals surface area contributed by atoms with Crippen molar-refractivity contribution in [1.82, 2.24) is 4.72 Å². The molecule has 0 aromatic carbocycles. The average molecular weight is 390 g/mol. The summed E-state index contributed by atoms with van der Waals surface area (Å²) >= 11 is 1.32. The average Bonchev–Trinajstić information content (AvgIpc) is 2.67. The van der Waals surface area contributed by atoms with E-state index in [-0.39, 0.29) is 5.91 Å². The first kappa shape index (κ1) is 25.5. The van der Waals surface area contributed by atoms with Gasteiger partial charge in [0.25, 0.3) is 5.91 Å². The molecule has 1 amide bonds. The molecule has 0 saturated heterocycles. The Labute approximate surface area is 172 Å². The van der Waals surface area contributed by atoms with Crippen molar-refractivity contribution in [1.29, 1.82) is 0 Å². The summed E-state index contributed by atoms with van der Waals surface area (Å²) in [6, 6.07) is 0. The van der Waals surface area contributed by atoms with Gasteiger partial charge in [0.2, 0.25) is 0 Å². The zero-order chi connectivity index (χ0) is 20.5. The molecule has 27 heavy (non-hydrogen) atoms. The summed E-state index contributed by atoms with van der Waals surface area (Å²) in [4.78, 5) is 11.8. The van der Waals surface area contributed by atoms with E-state index in [1.165, 1.54) is 61.6 Å². The molecule has 152 valence electrons. The fraction of sp³-hybridized carbons (Fsp3) is 0.542. The number of carbonyl (C=O) groups is 1. The van der Waals surface area contributed by atoms with E-state index in [0.29, 0.717) is 5.57 Å². The molecular weight excluding hydrogens is 350 g/mol. The highest BCUT2D eigenvalue weighted by Crippen LogP contribution is 2.17. The van der Waals surface area contributed by atoms with Crippen molar-refractivity contribution in [3.05, 3.63) is 58.7 Å². The van der Waals surface area contributed by atoms with Gasteiger partial charge in [-0.3, -0.25) is 9.52 Å². The summed E-state index contributed by atoms with van der Waals surface area (Å²) in [5, 5.41) is 0. The molecule has 0 heterocycles. The van der Waals surface area contributed by atoms with Crippen LogP contribution in [0.5, 0.6) is 0 Å². The molecule has 0 aromatic heterocycles. The fourth-order valence-corrected chi connectivity index (χ4v) is 3.03. The van der Waals surface area contributed by atoms with Crippen LogP contribution in [-0.4, -0.2) is 12.2 Å². The summed E-state index contributed by atoms with van der Waals surface area (Å²) in [7, 11) is 0. The topological polar surface area (TPSA) is 29.1 Å². The molecule has 1 N–H and O–H groups in total. The van der Waals surface area contributed by atoms with Crippen LogP contribution in [0.25, 0.3) is 0 Å². The summed E-state index contributed by atoms with van der Waals surface area (Å²) in [5.41, 5.74) is 4.44. The number of amides is 1. The number of unbranched alkanes of at least 4 members (excludes halogenated alkanes) is 5. The van der Waals surface area contributed by atoms with E-state index in [0.717, 1.165) is 12.0 Å². The van der Waals surface area contributed by atoms with Crippen LogP contribution in [0.1, 0.15) is 79.6 Å². The van der Waals surface area contributed by atoms with Gasteiger partial charge in [0.1, 0.15) is 0 Å². The Morgan fingerprint density at radius 3 is 2.11 bits per heavy atom. The Morgan fingerprint density at radius 2 is 1.52 bits per heavy atom. The molecular formula is C24H39NOS. The summed E-state index contributed by atoms with van der Waals surface area (Å²) in [6.45, 7) is 10.3. The molecule has 0 bridgehead atoms. The van der Waals surface area contributed by atoms with Gasteiger partial charge in [0, 0.05) is 11.8 Å². The van der Waals surface area contributed by atoms with Crippen LogP contribution in [0.4, 0.5) is 0 Å². The van der Waals surface area contributed by atoms with Crippen molar-refractivity contribution in [2.45, 2.75) is 79.6 Å². The van der Waals surface area contributed by atoms with Crippen molar-refractivity contribution < 1.29 is 4.79 Å². The second kappa shape index (κ2) is 16.7. The number of hydrogen-bond acceptors (Lipinski definition) is 2. The zero-order valence-electron chi connectivity index (χ0n) is 18.2. The summed E-state index contributed by atoms with van der Waals surface area (Å²) in [6.07, 6.45) is 23.6. The Balaban J connectivity index is 4.72. The van der Waals surface area contributed by atoms with Crippen molar-refractivity contribution in [2.75, 3.05) is 6.26 Å². The highest BCUT2D eigenvalue weighted by atomic mass is 32.2. The molecule has 3 heteroatoms. The van der Waals surface area contributed by atoms with Crippen molar-refractivity contribution in [3.8, 4) is 0 Å². The minimum Gasteiger partial charge on any atom is -0.297 e. The zero-order valence-corrected chi connectivity index (χ0v) is 19.0. The molecule has 0 rings (SSSR count). The van der Waals surface area contributed by atoms with E-state index in [2.05, 4.69) is 56.7 Å². The van der Waals surface area contributed by atoms with Gasteiger partial charge in [-0.15, -0.1) is 0 Å². The number of rotatable bonds is 13. The lowest BCUT2D eigenvalue weighted by Crippen LogP contribution is -2.15. The van der Waals surface area contributed by atoms with Gasteiger partial charge >= 0.3 is 0 Å². The van der Waals surface area contributed by atoms with Crippen LogP contribution < -0.4 is 4.72 Å². The summed E-state index contributed by atoms with van der Waals surface area (Å²) in [5.74, 6) is -0.0424. The third-order valence-electron chi connectivity index (χ3n) is 4.57. The molecule has 2 nitrogen and oxygen atoms in total. The first-order valence-corrected chi connectivity index (χ1v) is 11.4.